The zero-order valence-corrected chi connectivity index (χ0v) is 21.8. The van der Waals surface area contributed by atoms with Gasteiger partial charge in [-0.25, -0.2) is 9.59 Å². The second kappa shape index (κ2) is 10.6. The zero-order valence-electron chi connectivity index (χ0n) is 21.8. The van der Waals surface area contributed by atoms with Crippen LogP contribution in [0, 0.1) is 0 Å². The molecule has 0 spiro atoms. The van der Waals surface area contributed by atoms with Gasteiger partial charge in [-0.05, 0) is 44.9 Å². The summed E-state index contributed by atoms with van der Waals surface area (Å²) < 4.78 is 13.0. The van der Waals surface area contributed by atoms with E-state index in [2.05, 4.69) is 16.5 Å². The number of carbonyl (C=O) groups excluding carboxylic acids is 3. The number of methoxy groups -OCH3 is 1. The van der Waals surface area contributed by atoms with Gasteiger partial charge in [-0.2, -0.15) is 5.10 Å². The number of nitrogens with zero attached hydrogens (tertiary/aromatic N) is 4. The van der Waals surface area contributed by atoms with Crippen LogP contribution in [0.25, 0.3) is 10.9 Å². The smallest absolute Gasteiger partial charge is 0.410 e. The number of anilines is 1. The molecule has 2 saturated heterocycles. The molecule has 0 radical (unpaired) electrons. The molecule has 0 saturated carbocycles. The van der Waals surface area contributed by atoms with Crippen molar-refractivity contribution in [3.63, 3.8) is 0 Å². The molecular formula is C25H37N5O5. The molecule has 35 heavy (non-hydrogen) atoms. The highest BCUT2D eigenvalue weighted by Crippen LogP contribution is 2.35. The highest BCUT2D eigenvalue weighted by Gasteiger charge is 2.35. The Labute approximate surface area is 206 Å². The van der Waals surface area contributed by atoms with Crippen LogP contribution in [-0.4, -0.2) is 71.2 Å². The number of nitrogens with one attached hydrogen (secondary N) is 1. The third kappa shape index (κ3) is 5.75. The number of carbonyl (C=O) groups is 3. The quantitative estimate of drug-likeness (QED) is 0.706. The Hall–Kier alpha value is -3.14. The van der Waals surface area contributed by atoms with E-state index in [4.69, 9.17) is 9.47 Å². The molecule has 0 unspecified atom stereocenters. The number of aryl methyl sites for hydroxylation is 1. The Bertz CT molecular complexity index is 1090. The normalized spacial score (nSPS) is 20.9. The predicted octanol–water partition coefficient (Wildman–Crippen LogP) is 3.79. The summed E-state index contributed by atoms with van der Waals surface area (Å²) in [6, 6.07) is 5.60. The zero-order chi connectivity index (χ0) is 25.9. The molecule has 4 amide bonds. The lowest BCUT2D eigenvalue weighted by molar-refractivity contribution is -0.120. The van der Waals surface area contributed by atoms with E-state index in [9.17, 15) is 14.4 Å². The summed E-state index contributed by atoms with van der Waals surface area (Å²) in [4.78, 5) is 39.5. The number of aromatic nitrogens is 2. The predicted molar refractivity (Wildman–Crippen MR) is 134 cm³/mol. The van der Waals surface area contributed by atoms with Gasteiger partial charge in [-0.3, -0.25) is 19.7 Å². The van der Waals surface area contributed by atoms with Gasteiger partial charge < -0.3 is 14.4 Å². The first-order chi connectivity index (χ1) is 16.6. The van der Waals surface area contributed by atoms with Crippen molar-refractivity contribution in [2.24, 2.45) is 7.05 Å². The summed E-state index contributed by atoms with van der Waals surface area (Å²) in [5.74, 6) is 0.363. The number of likely N-dealkylation sites (tertiary alicyclic amines) is 1. The largest absolute Gasteiger partial charge is 0.444 e. The van der Waals surface area contributed by atoms with E-state index in [1.54, 1.807) is 16.7 Å². The van der Waals surface area contributed by atoms with Gasteiger partial charge in [0.2, 0.25) is 5.91 Å². The molecule has 10 nitrogen and oxygen atoms in total. The van der Waals surface area contributed by atoms with Gasteiger partial charge in [0, 0.05) is 45.0 Å². The van der Waals surface area contributed by atoms with Crippen molar-refractivity contribution in [1.29, 1.82) is 0 Å². The van der Waals surface area contributed by atoms with Crippen molar-refractivity contribution < 1.29 is 23.9 Å². The van der Waals surface area contributed by atoms with Gasteiger partial charge in [0.25, 0.3) is 0 Å². The number of fused-ring (bicyclic) bond motifs is 1. The number of imide groups is 1. The van der Waals surface area contributed by atoms with Crippen molar-refractivity contribution in [1.82, 2.24) is 20.0 Å². The first-order valence-corrected chi connectivity index (χ1v) is 12.2. The Kier molecular flexibility index (Phi) is 8.04. The Balaban J connectivity index is 0.00000167. The molecule has 2 atom stereocenters. The fraction of sp³-hybridized carbons (Fsp3) is 0.600. The topological polar surface area (TPSA) is 106 Å². The second-order valence-electron chi connectivity index (χ2n) is 9.57. The molecule has 2 fully saturated rings. The third-order valence-corrected chi connectivity index (χ3v) is 6.11. The number of benzene rings is 1. The van der Waals surface area contributed by atoms with Gasteiger partial charge in [-0.15, -0.1) is 0 Å². The Morgan fingerprint density at radius 1 is 1.17 bits per heavy atom. The lowest BCUT2D eigenvalue weighted by Gasteiger charge is -2.38. The summed E-state index contributed by atoms with van der Waals surface area (Å²) >= 11 is 0. The molecule has 2 aromatic rings. The number of urea groups is 1. The summed E-state index contributed by atoms with van der Waals surface area (Å²) in [5.41, 5.74) is 1.43. The summed E-state index contributed by atoms with van der Waals surface area (Å²) in [6.45, 7) is 10.9. The second-order valence-corrected chi connectivity index (χ2v) is 9.57. The fourth-order valence-corrected chi connectivity index (χ4v) is 4.48. The molecule has 4 rings (SSSR count). The van der Waals surface area contributed by atoms with Crippen LogP contribution >= 0.6 is 0 Å². The molecular weight excluding hydrogens is 450 g/mol. The minimum Gasteiger partial charge on any atom is -0.444 e. The maximum Gasteiger partial charge on any atom is 0.410 e. The molecule has 1 N–H and O–H groups in total. The molecule has 0 aliphatic carbocycles. The van der Waals surface area contributed by atoms with Gasteiger partial charge in [0.15, 0.2) is 5.82 Å². The van der Waals surface area contributed by atoms with Crippen LogP contribution in [0.1, 0.15) is 58.9 Å². The van der Waals surface area contributed by atoms with E-state index in [0.717, 1.165) is 22.9 Å². The lowest BCUT2D eigenvalue weighted by atomic mass is 9.86. The highest BCUT2D eigenvalue weighted by molar-refractivity contribution is 6.08. The fourth-order valence-electron chi connectivity index (χ4n) is 4.48. The molecule has 2 aliphatic heterocycles. The summed E-state index contributed by atoms with van der Waals surface area (Å²) in [5, 5.41) is 7.74. The molecule has 1 aromatic heterocycles. The van der Waals surface area contributed by atoms with Crippen molar-refractivity contribution >= 4 is 34.8 Å². The van der Waals surface area contributed by atoms with E-state index < -0.39 is 11.6 Å². The van der Waals surface area contributed by atoms with Gasteiger partial charge >= 0.3 is 12.1 Å². The molecule has 192 valence electrons. The first-order valence-electron chi connectivity index (χ1n) is 12.2. The number of piperidine rings is 1. The molecule has 10 heteroatoms. The van der Waals surface area contributed by atoms with Crippen molar-refractivity contribution in [2.75, 3.05) is 31.6 Å². The maximum absolute atomic E-state index is 12.5. The van der Waals surface area contributed by atoms with Crippen molar-refractivity contribution in [3.05, 3.63) is 23.8 Å². The number of hydrogen-bond donors (Lipinski definition) is 1. The average molecular weight is 488 g/mol. The van der Waals surface area contributed by atoms with Crippen LogP contribution < -0.4 is 10.2 Å². The minimum absolute atomic E-state index is 0.104. The van der Waals surface area contributed by atoms with Gasteiger partial charge in [-0.1, -0.05) is 19.9 Å². The summed E-state index contributed by atoms with van der Waals surface area (Å²) in [6.07, 6.45) is 0.487. The van der Waals surface area contributed by atoms with Crippen molar-refractivity contribution in [3.8, 4) is 0 Å². The standard InChI is InChI=1S/C23H31N5O5.C2H6/c1-23(2,3)33-22(31)27-10-8-15(18(13-27)32-5)14-6-7-16-17(12-14)26(4)25-20(16)28-11-9-19(29)24-21(28)30;1-2/h6-7,12,15,18H,8-11,13H2,1-5H3,(H,24,29,30);1-2H3/t15-,18-;/m0./s1. The van der Waals surface area contributed by atoms with Crippen LogP contribution in [0.4, 0.5) is 15.4 Å². The highest BCUT2D eigenvalue weighted by atomic mass is 16.6. The first kappa shape index (κ1) is 26.5. The molecule has 0 bridgehead atoms. The van der Waals surface area contributed by atoms with E-state index in [-0.39, 0.29) is 30.4 Å². The monoisotopic (exact) mass is 487 g/mol. The Morgan fingerprint density at radius 3 is 2.51 bits per heavy atom. The van der Waals surface area contributed by atoms with Crippen LogP contribution in [0.2, 0.25) is 0 Å². The molecule has 3 heterocycles. The molecule has 1 aromatic carbocycles. The lowest BCUT2D eigenvalue weighted by Crippen LogP contribution is -2.49. The van der Waals surface area contributed by atoms with Crippen LogP contribution in [0.5, 0.6) is 0 Å². The Morgan fingerprint density at radius 2 is 1.89 bits per heavy atom. The summed E-state index contributed by atoms with van der Waals surface area (Å²) in [7, 11) is 3.49. The van der Waals surface area contributed by atoms with E-state index in [0.29, 0.717) is 25.5 Å². The van der Waals surface area contributed by atoms with Crippen LogP contribution in [0.3, 0.4) is 0 Å². The van der Waals surface area contributed by atoms with E-state index >= 15 is 0 Å². The average Bonchev–Trinajstić information content (AvgIpc) is 3.14. The number of hydrogen-bond acceptors (Lipinski definition) is 6. The van der Waals surface area contributed by atoms with E-state index in [1.165, 1.54) is 4.90 Å². The minimum atomic E-state index is -0.544. The maximum atomic E-state index is 12.5. The van der Waals surface area contributed by atoms with E-state index in [1.807, 2.05) is 53.8 Å². The molecule has 2 aliphatic rings. The third-order valence-electron chi connectivity index (χ3n) is 6.11. The number of rotatable bonds is 3. The van der Waals surface area contributed by atoms with Gasteiger partial charge in [0.05, 0.1) is 18.2 Å². The van der Waals surface area contributed by atoms with Crippen molar-refractivity contribution in [2.45, 2.75) is 65.1 Å². The number of ether oxygens (including phenoxy) is 2. The number of amides is 4. The van der Waals surface area contributed by atoms with Gasteiger partial charge in [0.1, 0.15) is 5.60 Å². The van der Waals surface area contributed by atoms with Crippen LogP contribution in [-0.2, 0) is 21.3 Å². The SMILES string of the molecule is CC.CO[C@H]1CN(C(=O)OC(C)(C)C)CC[C@H]1c1ccc2c(N3CCC(=O)NC3=O)nn(C)c2c1. The van der Waals surface area contributed by atoms with Crippen LogP contribution in [0.15, 0.2) is 18.2 Å².